The first-order valence-corrected chi connectivity index (χ1v) is 8.02. The van der Waals surface area contributed by atoms with Crippen LogP contribution >= 0.6 is 0 Å². The summed E-state index contributed by atoms with van der Waals surface area (Å²) in [5.74, 6) is -7.78. The van der Waals surface area contributed by atoms with Gasteiger partial charge in [-0.05, 0) is 36.4 Å². The number of ether oxygens (including phenoxy) is 1. The molecule has 3 rings (SSSR count). The minimum absolute atomic E-state index is 0.0242. The van der Waals surface area contributed by atoms with Gasteiger partial charge in [0.05, 0.1) is 6.20 Å². The predicted molar refractivity (Wildman–Crippen MR) is 90.0 cm³/mol. The molecule has 156 valence electrons. The summed E-state index contributed by atoms with van der Waals surface area (Å²) in [6, 6.07) is 6.10. The Kier molecular flexibility index (Phi) is 5.63. The van der Waals surface area contributed by atoms with E-state index in [1.807, 2.05) is 0 Å². The Morgan fingerprint density at radius 2 is 1.57 bits per heavy atom. The average molecular weight is 430 g/mol. The molecule has 0 radical (unpaired) electrons. The Hall–Kier alpha value is -3.63. The van der Waals surface area contributed by atoms with Crippen LogP contribution in [-0.2, 0) is 6.18 Å². The lowest BCUT2D eigenvalue weighted by Crippen LogP contribution is -2.16. The van der Waals surface area contributed by atoms with Gasteiger partial charge in [0.2, 0.25) is 0 Å². The molecule has 11 heteroatoms. The molecule has 0 spiro atoms. The number of amides is 1. The van der Waals surface area contributed by atoms with Crippen LogP contribution in [0.1, 0.15) is 16.1 Å². The zero-order chi connectivity index (χ0) is 22.1. The van der Waals surface area contributed by atoms with Gasteiger partial charge in [-0.25, -0.2) is 22.5 Å². The van der Waals surface area contributed by atoms with Gasteiger partial charge in [-0.15, -0.1) is 0 Å². The summed E-state index contributed by atoms with van der Waals surface area (Å²) in [5, 5.41) is 2.11. The highest BCUT2D eigenvalue weighted by Crippen LogP contribution is 2.37. The van der Waals surface area contributed by atoms with Crippen LogP contribution in [0.2, 0.25) is 0 Å². The van der Waals surface area contributed by atoms with E-state index in [-0.39, 0.29) is 11.4 Å². The number of anilines is 1. The molecule has 0 fully saturated rings. The highest BCUT2D eigenvalue weighted by atomic mass is 19.4. The molecule has 3 aromatic rings. The van der Waals surface area contributed by atoms with Gasteiger partial charge in [-0.3, -0.25) is 4.79 Å². The van der Waals surface area contributed by atoms with Crippen LogP contribution in [0.5, 0.6) is 11.5 Å². The Morgan fingerprint density at radius 3 is 2.20 bits per heavy atom. The van der Waals surface area contributed by atoms with E-state index >= 15 is 0 Å². The van der Waals surface area contributed by atoms with Gasteiger partial charge in [-0.2, -0.15) is 13.2 Å². The molecule has 0 aliphatic rings. The van der Waals surface area contributed by atoms with Crippen molar-refractivity contribution in [3.8, 4) is 11.5 Å². The van der Waals surface area contributed by atoms with Crippen molar-refractivity contribution in [3.05, 3.63) is 83.2 Å². The lowest BCUT2D eigenvalue weighted by Gasteiger charge is -2.13. The molecule has 0 saturated carbocycles. The number of alkyl halides is 3. The van der Waals surface area contributed by atoms with Crippen LogP contribution in [0.25, 0.3) is 0 Å². The summed E-state index contributed by atoms with van der Waals surface area (Å²) in [7, 11) is 0. The van der Waals surface area contributed by atoms with E-state index in [1.54, 1.807) is 0 Å². The van der Waals surface area contributed by atoms with Crippen molar-refractivity contribution in [2.75, 3.05) is 5.32 Å². The minimum Gasteiger partial charge on any atom is -0.455 e. The lowest BCUT2D eigenvalue weighted by molar-refractivity contribution is -0.142. The molecule has 1 N–H and O–H groups in total. The molecule has 30 heavy (non-hydrogen) atoms. The Morgan fingerprint density at radius 1 is 0.933 bits per heavy atom. The van der Waals surface area contributed by atoms with Crippen LogP contribution in [0.4, 0.5) is 36.4 Å². The van der Waals surface area contributed by atoms with E-state index in [4.69, 9.17) is 4.74 Å². The number of benzene rings is 2. The van der Waals surface area contributed by atoms with Crippen LogP contribution in [0.3, 0.4) is 0 Å². The standard InChI is InChI=1S/C19H9F7N2O2/c20-9-7-14(17(27-8-9)19(24,25)26)30-11-3-1-10(2-4-11)28-18(29)15-12(21)5-6-13(22)16(15)23/h1-8H,(H,28,29). The maximum Gasteiger partial charge on any atom is 0.437 e. The number of hydrogen-bond donors (Lipinski definition) is 1. The van der Waals surface area contributed by atoms with Gasteiger partial charge in [0.15, 0.2) is 23.1 Å². The monoisotopic (exact) mass is 430 g/mol. The molecule has 1 aromatic heterocycles. The van der Waals surface area contributed by atoms with Gasteiger partial charge in [0.25, 0.3) is 5.91 Å². The van der Waals surface area contributed by atoms with E-state index < -0.39 is 52.4 Å². The number of nitrogens with one attached hydrogen (secondary N) is 1. The third kappa shape index (κ3) is 4.50. The van der Waals surface area contributed by atoms with E-state index in [9.17, 15) is 35.5 Å². The van der Waals surface area contributed by atoms with Gasteiger partial charge in [0, 0.05) is 11.8 Å². The highest BCUT2D eigenvalue weighted by Gasteiger charge is 2.37. The largest absolute Gasteiger partial charge is 0.455 e. The fourth-order valence-corrected chi connectivity index (χ4v) is 2.37. The van der Waals surface area contributed by atoms with Crippen LogP contribution in [0, 0.1) is 23.3 Å². The van der Waals surface area contributed by atoms with Crippen LogP contribution in [0.15, 0.2) is 48.7 Å². The Balaban J connectivity index is 1.79. The third-order valence-electron chi connectivity index (χ3n) is 3.70. The fourth-order valence-electron chi connectivity index (χ4n) is 2.37. The SMILES string of the molecule is O=C(Nc1ccc(Oc2cc(F)cnc2C(F)(F)F)cc1)c1c(F)ccc(F)c1F. The number of rotatable bonds is 4. The second kappa shape index (κ2) is 8.01. The van der Waals surface area contributed by atoms with E-state index in [0.717, 1.165) is 24.3 Å². The molecule has 4 nitrogen and oxygen atoms in total. The van der Waals surface area contributed by atoms with Crippen molar-refractivity contribution >= 4 is 11.6 Å². The summed E-state index contributed by atoms with van der Waals surface area (Å²) in [6.45, 7) is 0. The van der Waals surface area contributed by atoms with Crippen molar-refractivity contribution in [3.63, 3.8) is 0 Å². The predicted octanol–water partition coefficient (Wildman–Crippen LogP) is 5.70. The number of halogens is 7. The molecule has 2 aromatic carbocycles. The summed E-state index contributed by atoms with van der Waals surface area (Å²) in [5.41, 5.74) is -2.61. The Bertz CT molecular complexity index is 1100. The number of nitrogens with zero attached hydrogens (tertiary/aromatic N) is 1. The normalized spacial score (nSPS) is 11.3. The molecular weight excluding hydrogens is 421 g/mol. The maximum atomic E-state index is 13.7. The molecule has 1 amide bonds. The molecule has 0 aliphatic heterocycles. The molecular formula is C19H9F7N2O2. The number of pyridine rings is 1. The van der Waals surface area contributed by atoms with Gasteiger partial charge in [-0.1, -0.05) is 0 Å². The Labute approximate surface area is 163 Å². The van der Waals surface area contributed by atoms with E-state index in [2.05, 4.69) is 10.3 Å². The summed E-state index contributed by atoms with van der Waals surface area (Å²) < 4.78 is 97.6. The van der Waals surface area contributed by atoms with Crippen molar-refractivity contribution in [1.82, 2.24) is 4.98 Å². The molecule has 0 bridgehead atoms. The summed E-state index contributed by atoms with van der Waals surface area (Å²) >= 11 is 0. The molecule has 0 aliphatic carbocycles. The van der Waals surface area contributed by atoms with E-state index in [0.29, 0.717) is 24.4 Å². The second-order valence-corrected chi connectivity index (χ2v) is 5.80. The zero-order valence-electron chi connectivity index (χ0n) is 14.5. The zero-order valence-corrected chi connectivity index (χ0v) is 14.5. The van der Waals surface area contributed by atoms with Crippen LogP contribution in [-0.4, -0.2) is 10.9 Å². The molecule has 0 atom stereocenters. The molecule has 1 heterocycles. The average Bonchev–Trinajstić information content (AvgIpc) is 2.66. The van der Waals surface area contributed by atoms with Gasteiger partial charge in [0.1, 0.15) is 22.9 Å². The number of carbonyl (C=O) groups is 1. The summed E-state index contributed by atoms with van der Waals surface area (Å²) in [4.78, 5) is 15.0. The fraction of sp³-hybridized carbons (Fsp3) is 0.0526. The number of hydrogen-bond acceptors (Lipinski definition) is 3. The van der Waals surface area contributed by atoms with E-state index in [1.165, 1.54) is 0 Å². The number of aromatic nitrogens is 1. The molecule has 0 saturated heterocycles. The van der Waals surface area contributed by atoms with Crippen molar-refractivity contribution in [2.24, 2.45) is 0 Å². The second-order valence-electron chi connectivity index (χ2n) is 5.80. The minimum atomic E-state index is -4.89. The van der Waals surface area contributed by atoms with Gasteiger partial charge >= 0.3 is 6.18 Å². The summed E-state index contributed by atoms with van der Waals surface area (Å²) in [6.07, 6.45) is -4.50. The number of carbonyl (C=O) groups excluding carboxylic acids is 1. The first-order chi connectivity index (χ1) is 14.1. The van der Waals surface area contributed by atoms with Gasteiger partial charge < -0.3 is 10.1 Å². The quantitative estimate of drug-likeness (QED) is 0.427. The third-order valence-corrected chi connectivity index (χ3v) is 3.70. The first-order valence-electron chi connectivity index (χ1n) is 8.02. The topological polar surface area (TPSA) is 51.2 Å². The van der Waals surface area contributed by atoms with Crippen molar-refractivity contribution in [2.45, 2.75) is 6.18 Å². The first kappa shape index (κ1) is 21.1. The van der Waals surface area contributed by atoms with Crippen LogP contribution < -0.4 is 10.1 Å². The molecule has 0 unspecified atom stereocenters. The maximum absolute atomic E-state index is 13.7. The smallest absolute Gasteiger partial charge is 0.437 e. The van der Waals surface area contributed by atoms with Crippen molar-refractivity contribution < 1.29 is 40.3 Å². The van der Waals surface area contributed by atoms with Crippen molar-refractivity contribution in [1.29, 1.82) is 0 Å². The highest BCUT2D eigenvalue weighted by molar-refractivity contribution is 6.04. The lowest BCUT2D eigenvalue weighted by atomic mass is 10.1.